The largest absolute Gasteiger partial charge is 0.465 e. The normalized spacial score (nSPS) is 30.2. The summed E-state index contributed by atoms with van der Waals surface area (Å²) in [6.07, 6.45) is -0.617. The Hall–Kier alpha value is -1.65. The highest BCUT2D eigenvalue weighted by Gasteiger charge is 2.51. The molecule has 0 saturated carbocycles. The van der Waals surface area contributed by atoms with Gasteiger partial charge in [-0.05, 0) is 12.8 Å². The van der Waals surface area contributed by atoms with Crippen LogP contribution < -0.4 is 10.8 Å². The standard InChI is InChI=1S/C8H11N3O6S/c12-6(10-15)5-3-1-2-4(11(3)8(13)14)7(9-5)18(16)17/h3-5,9,15H,1-2H2,(H,10,12)(H,13,14). The van der Waals surface area contributed by atoms with E-state index in [4.69, 9.17) is 10.3 Å². The molecule has 0 aromatic rings. The van der Waals surface area contributed by atoms with Crippen molar-refractivity contribution in [3.8, 4) is 0 Å². The molecule has 2 saturated heterocycles. The van der Waals surface area contributed by atoms with Gasteiger partial charge >= 0.3 is 6.09 Å². The minimum Gasteiger partial charge on any atom is -0.465 e. The molecule has 2 aliphatic rings. The van der Waals surface area contributed by atoms with E-state index in [9.17, 15) is 18.0 Å². The molecule has 2 aliphatic heterocycles. The van der Waals surface area contributed by atoms with Crippen LogP contribution >= 0.6 is 0 Å². The fourth-order valence-corrected chi connectivity index (χ4v) is 3.19. The third-order valence-corrected chi connectivity index (χ3v) is 3.96. The smallest absolute Gasteiger partial charge is 0.408 e. The van der Waals surface area contributed by atoms with Crippen molar-refractivity contribution in [3.63, 3.8) is 0 Å². The number of carbonyl (C=O) groups excluding carboxylic acids is 1. The predicted octanol–water partition coefficient (Wildman–Crippen LogP) is -2.02. The van der Waals surface area contributed by atoms with Gasteiger partial charge in [0.05, 0.1) is 12.1 Å². The highest BCUT2D eigenvalue weighted by molar-refractivity contribution is 7.73. The van der Waals surface area contributed by atoms with Crippen LogP contribution in [0.4, 0.5) is 4.79 Å². The van der Waals surface area contributed by atoms with Crippen molar-refractivity contribution in [2.24, 2.45) is 0 Å². The van der Waals surface area contributed by atoms with Gasteiger partial charge in [-0.1, -0.05) is 0 Å². The number of fused-ring (bicyclic) bond motifs is 2. The fourth-order valence-electron chi connectivity index (χ4n) is 2.51. The van der Waals surface area contributed by atoms with Gasteiger partial charge in [-0.25, -0.2) is 10.3 Å². The van der Waals surface area contributed by atoms with E-state index >= 15 is 0 Å². The lowest BCUT2D eigenvalue weighted by Crippen LogP contribution is -2.66. The van der Waals surface area contributed by atoms with Crippen LogP contribution in [-0.4, -0.2) is 58.7 Å². The summed E-state index contributed by atoms with van der Waals surface area (Å²) in [7, 11) is -2.64. The number of hydrogen-bond acceptors (Lipinski definition) is 5. The zero-order valence-corrected chi connectivity index (χ0v) is 9.85. The van der Waals surface area contributed by atoms with Crippen LogP contribution in [0.2, 0.25) is 0 Å². The quantitative estimate of drug-likeness (QED) is 0.247. The van der Waals surface area contributed by atoms with Gasteiger partial charge in [0.2, 0.25) is 10.3 Å². The fraction of sp³-hybridized carbons (Fsp3) is 0.625. The number of amides is 2. The second kappa shape index (κ2) is 4.55. The lowest BCUT2D eigenvalue weighted by atomic mass is 10.1. The minimum absolute atomic E-state index is 0.236. The molecule has 3 atom stereocenters. The van der Waals surface area contributed by atoms with E-state index in [1.807, 2.05) is 0 Å². The number of piperazine rings is 1. The molecule has 2 heterocycles. The highest BCUT2D eigenvalue weighted by atomic mass is 32.2. The van der Waals surface area contributed by atoms with Gasteiger partial charge in [-0.2, -0.15) is 8.42 Å². The van der Waals surface area contributed by atoms with E-state index in [-0.39, 0.29) is 4.99 Å². The first-order chi connectivity index (χ1) is 8.47. The van der Waals surface area contributed by atoms with Gasteiger partial charge in [-0.15, -0.1) is 0 Å². The number of hydroxylamine groups is 1. The summed E-state index contributed by atoms with van der Waals surface area (Å²) in [5.41, 5.74) is 1.40. The van der Waals surface area contributed by atoms with Crippen LogP contribution in [0, 0.1) is 0 Å². The van der Waals surface area contributed by atoms with Crippen LogP contribution in [-0.2, 0) is 15.1 Å². The van der Waals surface area contributed by atoms with Crippen molar-refractivity contribution in [3.05, 3.63) is 0 Å². The average Bonchev–Trinajstić information content (AvgIpc) is 2.65. The Bertz CT molecular complexity index is 521. The first-order valence-corrected chi connectivity index (χ1v) is 6.22. The van der Waals surface area contributed by atoms with Gasteiger partial charge in [0, 0.05) is 0 Å². The summed E-state index contributed by atoms with van der Waals surface area (Å²) in [5.74, 6) is -0.866. The summed E-state index contributed by atoms with van der Waals surface area (Å²) in [6.45, 7) is 0. The molecule has 3 unspecified atom stereocenters. The van der Waals surface area contributed by atoms with E-state index in [2.05, 4.69) is 5.32 Å². The van der Waals surface area contributed by atoms with Gasteiger partial charge in [0.1, 0.15) is 11.0 Å². The number of carboxylic acid groups (broad SMARTS) is 1. The van der Waals surface area contributed by atoms with Crippen molar-refractivity contribution in [1.29, 1.82) is 0 Å². The van der Waals surface area contributed by atoms with Crippen molar-refractivity contribution in [2.45, 2.75) is 31.0 Å². The van der Waals surface area contributed by atoms with Crippen LogP contribution in [0.25, 0.3) is 0 Å². The van der Waals surface area contributed by atoms with E-state index in [0.717, 1.165) is 4.90 Å². The maximum Gasteiger partial charge on any atom is 0.408 e. The zero-order chi connectivity index (χ0) is 13.4. The Kier molecular flexibility index (Phi) is 3.24. The molecule has 100 valence electrons. The van der Waals surface area contributed by atoms with Crippen LogP contribution in [0.1, 0.15) is 12.8 Å². The highest BCUT2D eigenvalue weighted by Crippen LogP contribution is 2.30. The summed E-state index contributed by atoms with van der Waals surface area (Å²) in [4.78, 5) is 23.3. The van der Waals surface area contributed by atoms with E-state index in [1.54, 1.807) is 0 Å². The molecule has 2 amide bonds. The topological polar surface area (TPSA) is 136 Å². The molecule has 0 aromatic heterocycles. The molecule has 2 fully saturated rings. The van der Waals surface area contributed by atoms with Crippen molar-refractivity contribution in [1.82, 2.24) is 15.7 Å². The number of hydrogen-bond donors (Lipinski definition) is 4. The molecule has 10 heteroatoms. The monoisotopic (exact) mass is 277 g/mol. The molecular weight excluding hydrogens is 266 g/mol. The summed E-state index contributed by atoms with van der Waals surface area (Å²) in [6, 6.07) is -2.58. The van der Waals surface area contributed by atoms with Crippen molar-refractivity contribution in [2.75, 3.05) is 0 Å². The minimum atomic E-state index is -2.64. The molecule has 0 radical (unpaired) electrons. The molecule has 0 aliphatic carbocycles. The first-order valence-electron chi connectivity index (χ1n) is 5.15. The van der Waals surface area contributed by atoms with Crippen LogP contribution in [0.15, 0.2) is 0 Å². The second-order valence-electron chi connectivity index (χ2n) is 4.05. The van der Waals surface area contributed by atoms with Crippen molar-refractivity contribution < 1.29 is 28.3 Å². The predicted molar refractivity (Wildman–Crippen MR) is 57.5 cm³/mol. The first kappa shape index (κ1) is 12.8. The average molecular weight is 277 g/mol. The maximum absolute atomic E-state index is 11.4. The molecule has 4 N–H and O–H groups in total. The summed E-state index contributed by atoms with van der Waals surface area (Å²) < 4.78 is 22.1. The number of rotatable bonds is 1. The van der Waals surface area contributed by atoms with E-state index in [0.29, 0.717) is 12.8 Å². The van der Waals surface area contributed by atoms with Gasteiger partial charge in [0.25, 0.3) is 5.91 Å². The molecule has 2 bridgehead atoms. The molecule has 2 rings (SSSR count). The number of carbonyl (C=O) groups is 2. The van der Waals surface area contributed by atoms with Gasteiger partial charge < -0.3 is 5.11 Å². The van der Waals surface area contributed by atoms with Crippen LogP contribution in [0.3, 0.4) is 0 Å². The SMILES string of the molecule is O=C(NO)C1NC(=S(=O)=O)C2CCC1N2C(=O)O. The lowest BCUT2D eigenvalue weighted by Gasteiger charge is -2.37. The Labute approximate surface area is 103 Å². The van der Waals surface area contributed by atoms with E-state index < -0.39 is 40.4 Å². The summed E-state index contributed by atoms with van der Waals surface area (Å²) >= 11 is 0. The number of nitrogens with one attached hydrogen (secondary N) is 2. The maximum atomic E-state index is 11.4. The Morgan fingerprint density at radius 2 is 2.06 bits per heavy atom. The van der Waals surface area contributed by atoms with Gasteiger partial charge in [0.15, 0.2) is 0 Å². The Morgan fingerprint density at radius 1 is 1.39 bits per heavy atom. The summed E-state index contributed by atoms with van der Waals surface area (Å²) in [5, 5.41) is 20.2. The lowest BCUT2D eigenvalue weighted by molar-refractivity contribution is -0.132. The van der Waals surface area contributed by atoms with Gasteiger partial charge in [-0.3, -0.25) is 20.2 Å². The molecule has 0 spiro atoms. The number of nitrogens with zero attached hydrogens (tertiary/aromatic N) is 1. The Morgan fingerprint density at radius 3 is 2.56 bits per heavy atom. The molecule has 18 heavy (non-hydrogen) atoms. The molecule has 0 aromatic carbocycles. The second-order valence-corrected chi connectivity index (χ2v) is 4.96. The van der Waals surface area contributed by atoms with Crippen molar-refractivity contribution >= 4 is 27.3 Å². The Balaban J connectivity index is 2.46. The third kappa shape index (κ3) is 1.83. The molecular formula is C8H11N3O6S. The molecule has 9 nitrogen and oxygen atoms in total. The third-order valence-electron chi connectivity index (χ3n) is 3.21. The van der Waals surface area contributed by atoms with Crippen LogP contribution in [0.5, 0.6) is 0 Å². The van der Waals surface area contributed by atoms with E-state index in [1.165, 1.54) is 5.48 Å². The zero-order valence-electron chi connectivity index (χ0n) is 9.03.